The predicted molar refractivity (Wildman–Crippen MR) is 79.9 cm³/mol. The minimum absolute atomic E-state index is 0.270. The van der Waals surface area contributed by atoms with E-state index in [4.69, 9.17) is 16.3 Å². The van der Waals surface area contributed by atoms with E-state index < -0.39 is 0 Å². The number of hydrogen-bond acceptors (Lipinski definition) is 2. The van der Waals surface area contributed by atoms with Crippen LogP contribution in [0, 0.1) is 5.82 Å². The smallest absolute Gasteiger partial charge is 0.134 e. The van der Waals surface area contributed by atoms with Gasteiger partial charge in [-0.25, -0.2) is 4.39 Å². The lowest BCUT2D eigenvalue weighted by atomic mass is 10.2. The molecule has 2 rings (SSSR count). The van der Waals surface area contributed by atoms with Crippen LogP contribution >= 0.6 is 11.6 Å². The first-order valence-electron chi connectivity index (χ1n) is 6.62. The van der Waals surface area contributed by atoms with Crippen LogP contribution in [-0.2, 0) is 6.54 Å². The molecule has 106 valence electrons. The molecule has 0 atom stereocenters. The van der Waals surface area contributed by atoms with Gasteiger partial charge in [0.2, 0.25) is 0 Å². The molecule has 0 amide bonds. The fraction of sp³-hybridized carbons (Fsp3) is 0.250. The van der Waals surface area contributed by atoms with E-state index in [0.717, 1.165) is 13.0 Å². The van der Waals surface area contributed by atoms with Crippen LogP contribution in [0.4, 0.5) is 4.39 Å². The Morgan fingerprint density at radius 2 is 2.00 bits per heavy atom. The Bertz CT molecular complexity index is 574. The monoisotopic (exact) mass is 293 g/mol. The normalized spacial score (nSPS) is 10.6. The average molecular weight is 294 g/mol. The molecular weight excluding hydrogens is 277 g/mol. The standard InChI is InChI=1S/C16H17ClFNO/c1-2-9-19-11-14-15(18)7-4-8-16(14)20-13-6-3-5-12(17)10-13/h3-8,10,19H,2,9,11H2,1H3. The van der Waals surface area contributed by atoms with Gasteiger partial charge in [-0.2, -0.15) is 0 Å². The zero-order chi connectivity index (χ0) is 14.4. The van der Waals surface area contributed by atoms with Gasteiger partial charge in [-0.05, 0) is 43.3 Å². The first-order valence-corrected chi connectivity index (χ1v) is 7.00. The van der Waals surface area contributed by atoms with Crippen molar-refractivity contribution in [3.05, 3.63) is 58.9 Å². The third-order valence-corrected chi connectivity index (χ3v) is 3.06. The van der Waals surface area contributed by atoms with Crippen molar-refractivity contribution in [1.82, 2.24) is 5.32 Å². The Balaban J connectivity index is 2.20. The van der Waals surface area contributed by atoms with Crippen molar-refractivity contribution in [3.8, 4) is 11.5 Å². The first-order chi connectivity index (χ1) is 9.70. The van der Waals surface area contributed by atoms with E-state index in [1.165, 1.54) is 6.07 Å². The Labute approximate surface area is 123 Å². The van der Waals surface area contributed by atoms with E-state index in [2.05, 4.69) is 12.2 Å². The average Bonchev–Trinajstić information content (AvgIpc) is 2.42. The highest BCUT2D eigenvalue weighted by molar-refractivity contribution is 6.30. The van der Waals surface area contributed by atoms with E-state index in [-0.39, 0.29) is 5.82 Å². The lowest BCUT2D eigenvalue weighted by molar-refractivity contribution is 0.462. The fourth-order valence-corrected chi connectivity index (χ4v) is 2.03. The Morgan fingerprint density at radius 3 is 2.75 bits per heavy atom. The van der Waals surface area contributed by atoms with Gasteiger partial charge in [-0.3, -0.25) is 0 Å². The highest BCUT2D eigenvalue weighted by atomic mass is 35.5. The van der Waals surface area contributed by atoms with Crippen LogP contribution in [0.3, 0.4) is 0 Å². The van der Waals surface area contributed by atoms with Crippen molar-refractivity contribution in [3.63, 3.8) is 0 Å². The quantitative estimate of drug-likeness (QED) is 0.775. The molecule has 0 unspecified atom stereocenters. The molecule has 0 aliphatic carbocycles. The van der Waals surface area contributed by atoms with Crippen LogP contribution < -0.4 is 10.1 Å². The maximum atomic E-state index is 13.9. The predicted octanol–water partition coefficient (Wildman–Crippen LogP) is 4.77. The molecule has 2 aromatic carbocycles. The summed E-state index contributed by atoms with van der Waals surface area (Å²) in [6, 6.07) is 11.9. The lowest BCUT2D eigenvalue weighted by Crippen LogP contribution is -2.15. The van der Waals surface area contributed by atoms with Gasteiger partial charge in [-0.15, -0.1) is 0 Å². The Morgan fingerprint density at radius 1 is 1.20 bits per heavy atom. The summed E-state index contributed by atoms with van der Waals surface area (Å²) in [5, 5.41) is 3.77. The molecule has 0 saturated carbocycles. The summed E-state index contributed by atoms with van der Waals surface area (Å²) in [5.41, 5.74) is 0.529. The van der Waals surface area contributed by atoms with Crippen LogP contribution in [-0.4, -0.2) is 6.54 Å². The zero-order valence-electron chi connectivity index (χ0n) is 11.3. The molecule has 2 nitrogen and oxygen atoms in total. The van der Waals surface area contributed by atoms with Crippen LogP contribution in [0.25, 0.3) is 0 Å². The topological polar surface area (TPSA) is 21.3 Å². The highest BCUT2D eigenvalue weighted by Crippen LogP contribution is 2.28. The molecule has 0 radical (unpaired) electrons. The molecule has 0 spiro atoms. The second-order valence-corrected chi connectivity index (χ2v) is 4.89. The Kier molecular flexibility index (Phi) is 5.39. The van der Waals surface area contributed by atoms with E-state index in [0.29, 0.717) is 28.6 Å². The van der Waals surface area contributed by atoms with Crippen molar-refractivity contribution in [2.45, 2.75) is 19.9 Å². The summed E-state index contributed by atoms with van der Waals surface area (Å²) in [6.07, 6.45) is 0.999. The largest absolute Gasteiger partial charge is 0.457 e. The highest BCUT2D eigenvalue weighted by Gasteiger charge is 2.10. The molecule has 0 bridgehead atoms. The number of hydrogen-bond donors (Lipinski definition) is 1. The molecule has 2 aromatic rings. The van der Waals surface area contributed by atoms with Crippen molar-refractivity contribution >= 4 is 11.6 Å². The van der Waals surface area contributed by atoms with Gasteiger partial charge in [0.15, 0.2) is 0 Å². The van der Waals surface area contributed by atoms with Crippen LogP contribution in [0.2, 0.25) is 5.02 Å². The van der Waals surface area contributed by atoms with E-state index in [1.54, 1.807) is 36.4 Å². The number of ether oxygens (including phenoxy) is 1. The summed E-state index contributed by atoms with van der Waals surface area (Å²) in [4.78, 5) is 0. The second kappa shape index (κ2) is 7.27. The van der Waals surface area contributed by atoms with Gasteiger partial charge in [-0.1, -0.05) is 30.7 Å². The lowest BCUT2D eigenvalue weighted by Gasteiger charge is -2.12. The summed E-state index contributed by atoms with van der Waals surface area (Å²) in [6.45, 7) is 3.35. The van der Waals surface area contributed by atoms with Crippen molar-refractivity contribution in [1.29, 1.82) is 0 Å². The van der Waals surface area contributed by atoms with Crippen LogP contribution in [0.1, 0.15) is 18.9 Å². The van der Waals surface area contributed by atoms with Gasteiger partial charge in [0.25, 0.3) is 0 Å². The van der Waals surface area contributed by atoms with Gasteiger partial charge < -0.3 is 10.1 Å². The van der Waals surface area contributed by atoms with Crippen molar-refractivity contribution in [2.75, 3.05) is 6.54 Å². The van der Waals surface area contributed by atoms with Gasteiger partial charge in [0, 0.05) is 17.1 Å². The van der Waals surface area contributed by atoms with Crippen LogP contribution in [0.5, 0.6) is 11.5 Å². The molecule has 20 heavy (non-hydrogen) atoms. The minimum atomic E-state index is -0.270. The SMILES string of the molecule is CCCNCc1c(F)cccc1Oc1cccc(Cl)c1. The molecule has 0 fully saturated rings. The summed E-state index contributed by atoms with van der Waals surface area (Å²) in [7, 11) is 0. The molecule has 0 aromatic heterocycles. The van der Waals surface area contributed by atoms with Crippen molar-refractivity contribution < 1.29 is 9.13 Å². The Hall–Kier alpha value is -1.58. The number of benzene rings is 2. The van der Waals surface area contributed by atoms with E-state index in [9.17, 15) is 4.39 Å². The van der Waals surface area contributed by atoms with Crippen molar-refractivity contribution in [2.24, 2.45) is 0 Å². The molecule has 0 heterocycles. The maximum absolute atomic E-state index is 13.9. The van der Waals surface area contributed by atoms with E-state index >= 15 is 0 Å². The van der Waals surface area contributed by atoms with Gasteiger partial charge in [0.05, 0.1) is 0 Å². The summed E-state index contributed by atoms with van der Waals surface area (Å²) >= 11 is 5.92. The third kappa shape index (κ3) is 3.95. The zero-order valence-corrected chi connectivity index (χ0v) is 12.1. The minimum Gasteiger partial charge on any atom is -0.457 e. The van der Waals surface area contributed by atoms with Gasteiger partial charge >= 0.3 is 0 Å². The maximum Gasteiger partial charge on any atom is 0.134 e. The van der Waals surface area contributed by atoms with E-state index in [1.807, 2.05) is 0 Å². The first kappa shape index (κ1) is 14.8. The number of halogens is 2. The molecule has 0 aliphatic heterocycles. The fourth-order valence-electron chi connectivity index (χ4n) is 1.85. The molecule has 4 heteroatoms. The molecule has 0 saturated heterocycles. The van der Waals surface area contributed by atoms with Crippen LogP contribution in [0.15, 0.2) is 42.5 Å². The number of nitrogens with one attached hydrogen (secondary N) is 1. The summed E-state index contributed by atoms with van der Waals surface area (Å²) < 4.78 is 19.7. The molecule has 0 aliphatic rings. The third-order valence-electron chi connectivity index (χ3n) is 2.83. The number of rotatable bonds is 6. The molecule has 1 N–H and O–H groups in total. The van der Waals surface area contributed by atoms with Gasteiger partial charge in [0.1, 0.15) is 17.3 Å². The second-order valence-electron chi connectivity index (χ2n) is 4.45. The molecular formula is C16H17ClFNO. The summed E-state index contributed by atoms with van der Waals surface area (Å²) in [5.74, 6) is 0.837.